The summed E-state index contributed by atoms with van der Waals surface area (Å²) >= 11 is 5.73. The molecule has 0 aromatic carbocycles. The fourth-order valence-electron chi connectivity index (χ4n) is 1.97. The van der Waals surface area contributed by atoms with E-state index in [9.17, 15) is 4.79 Å². The molecule has 1 rings (SSSR count). The molecule has 3 nitrogen and oxygen atoms in total. The highest BCUT2D eigenvalue weighted by Crippen LogP contribution is 2.29. The van der Waals surface area contributed by atoms with Crippen molar-refractivity contribution >= 4 is 17.6 Å². The molecular formula is C11H20ClNO2. The first-order valence-electron chi connectivity index (χ1n) is 5.50. The van der Waals surface area contributed by atoms with Crippen LogP contribution in [-0.4, -0.2) is 41.0 Å². The van der Waals surface area contributed by atoms with Crippen LogP contribution in [0.1, 0.15) is 33.1 Å². The van der Waals surface area contributed by atoms with Crippen molar-refractivity contribution in [3.05, 3.63) is 0 Å². The zero-order valence-electron chi connectivity index (χ0n) is 9.50. The van der Waals surface area contributed by atoms with E-state index in [1.807, 2.05) is 0 Å². The summed E-state index contributed by atoms with van der Waals surface area (Å²) in [6, 6.07) is 0. The van der Waals surface area contributed by atoms with E-state index in [0.717, 1.165) is 25.9 Å². The van der Waals surface area contributed by atoms with Crippen LogP contribution in [0.15, 0.2) is 0 Å². The lowest BCUT2D eigenvalue weighted by atomic mass is 9.85. The van der Waals surface area contributed by atoms with E-state index in [1.165, 1.54) is 6.42 Å². The number of halogens is 1. The van der Waals surface area contributed by atoms with E-state index < -0.39 is 11.3 Å². The Kier molecular flexibility index (Phi) is 4.41. The minimum absolute atomic E-state index is 0.389. The van der Waals surface area contributed by atoms with Gasteiger partial charge in [0.15, 0.2) is 0 Å². The summed E-state index contributed by atoms with van der Waals surface area (Å²) in [5.41, 5.74) is 0.389. The van der Waals surface area contributed by atoms with Crippen molar-refractivity contribution in [2.75, 3.05) is 19.6 Å². The van der Waals surface area contributed by atoms with Gasteiger partial charge in [-0.1, -0.05) is 13.8 Å². The van der Waals surface area contributed by atoms with Crippen molar-refractivity contribution in [2.45, 2.75) is 38.5 Å². The number of rotatable bonds is 3. The summed E-state index contributed by atoms with van der Waals surface area (Å²) in [5, 5.41) is 7.95. The normalized spacial score (nSPS) is 24.5. The van der Waals surface area contributed by atoms with E-state index >= 15 is 0 Å². The van der Waals surface area contributed by atoms with Crippen molar-refractivity contribution in [2.24, 2.45) is 5.41 Å². The largest absolute Gasteiger partial charge is 0.480 e. The lowest BCUT2D eigenvalue weighted by Gasteiger charge is -2.23. The van der Waals surface area contributed by atoms with Gasteiger partial charge in [0.05, 0.1) is 0 Å². The van der Waals surface area contributed by atoms with Gasteiger partial charge in [-0.25, -0.2) is 0 Å². The standard InChI is InChI=1S/C11H20ClNO2/c1-11(2)4-3-6-13(7-5-11)8-9(12)10(14)15/h9H,3-8H2,1-2H3,(H,14,15). The highest BCUT2D eigenvalue weighted by Gasteiger charge is 2.25. The van der Waals surface area contributed by atoms with Crippen molar-refractivity contribution in [1.29, 1.82) is 0 Å². The Morgan fingerprint density at radius 1 is 1.47 bits per heavy atom. The average Bonchev–Trinajstić information content (AvgIpc) is 2.28. The maximum atomic E-state index is 10.6. The lowest BCUT2D eigenvalue weighted by Crippen LogP contribution is -2.34. The molecule has 1 atom stereocenters. The molecule has 0 spiro atoms. The van der Waals surface area contributed by atoms with Crippen LogP contribution in [0, 0.1) is 5.41 Å². The highest BCUT2D eigenvalue weighted by atomic mass is 35.5. The fraction of sp³-hybridized carbons (Fsp3) is 0.909. The number of hydrogen-bond donors (Lipinski definition) is 1. The Bertz CT molecular complexity index is 231. The molecule has 88 valence electrons. The van der Waals surface area contributed by atoms with Crippen LogP contribution in [0.5, 0.6) is 0 Å². The number of nitrogens with zero attached hydrogens (tertiary/aromatic N) is 1. The SMILES string of the molecule is CC1(C)CCCN(CC(Cl)C(=O)O)CC1. The van der Waals surface area contributed by atoms with Crippen molar-refractivity contribution in [3.8, 4) is 0 Å². The maximum Gasteiger partial charge on any atom is 0.322 e. The molecule has 0 aromatic heterocycles. The number of alkyl halides is 1. The monoisotopic (exact) mass is 233 g/mol. The summed E-state index contributed by atoms with van der Waals surface area (Å²) < 4.78 is 0. The van der Waals surface area contributed by atoms with Crippen LogP contribution in [0.3, 0.4) is 0 Å². The summed E-state index contributed by atoms with van der Waals surface area (Å²) in [4.78, 5) is 12.8. The predicted molar refractivity (Wildman–Crippen MR) is 61.3 cm³/mol. The summed E-state index contributed by atoms with van der Waals surface area (Å²) in [6.07, 6.45) is 3.47. The molecule has 0 saturated carbocycles. The van der Waals surface area contributed by atoms with Gasteiger partial charge < -0.3 is 10.0 Å². The van der Waals surface area contributed by atoms with Gasteiger partial charge in [-0.2, -0.15) is 0 Å². The number of likely N-dealkylation sites (tertiary alicyclic amines) is 1. The maximum absolute atomic E-state index is 10.6. The third-order valence-corrected chi connectivity index (χ3v) is 3.44. The van der Waals surface area contributed by atoms with Gasteiger partial charge in [0.1, 0.15) is 5.38 Å². The molecule has 1 aliphatic rings. The van der Waals surface area contributed by atoms with E-state index in [2.05, 4.69) is 18.7 Å². The number of carboxylic acids is 1. The second kappa shape index (κ2) is 5.17. The smallest absolute Gasteiger partial charge is 0.322 e. The first-order valence-corrected chi connectivity index (χ1v) is 5.94. The van der Waals surface area contributed by atoms with E-state index in [1.54, 1.807) is 0 Å². The Morgan fingerprint density at radius 3 is 2.73 bits per heavy atom. The van der Waals surface area contributed by atoms with Crippen molar-refractivity contribution in [3.63, 3.8) is 0 Å². The summed E-state index contributed by atoms with van der Waals surface area (Å²) in [5.74, 6) is -0.917. The van der Waals surface area contributed by atoms with E-state index in [-0.39, 0.29) is 0 Å². The number of hydrogen-bond acceptors (Lipinski definition) is 2. The Balaban J connectivity index is 2.41. The number of carbonyl (C=O) groups is 1. The average molecular weight is 234 g/mol. The summed E-state index contributed by atoms with van der Waals surface area (Å²) in [7, 11) is 0. The predicted octanol–water partition coefficient (Wildman–Crippen LogP) is 2.19. The molecule has 1 heterocycles. The van der Waals surface area contributed by atoms with Gasteiger partial charge in [-0.15, -0.1) is 11.6 Å². The van der Waals surface area contributed by atoms with E-state index in [0.29, 0.717) is 12.0 Å². The quantitative estimate of drug-likeness (QED) is 0.760. The minimum atomic E-state index is -0.917. The molecule has 0 radical (unpaired) electrons. The van der Waals surface area contributed by atoms with Gasteiger partial charge in [-0.05, 0) is 37.8 Å². The lowest BCUT2D eigenvalue weighted by molar-refractivity contribution is -0.136. The van der Waals surface area contributed by atoms with Gasteiger partial charge >= 0.3 is 5.97 Å². The molecule has 4 heteroatoms. The molecule has 1 aliphatic heterocycles. The van der Waals surface area contributed by atoms with E-state index in [4.69, 9.17) is 16.7 Å². The molecule has 0 bridgehead atoms. The van der Waals surface area contributed by atoms with Crippen LogP contribution in [-0.2, 0) is 4.79 Å². The first-order chi connectivity index (χ1) is 6.91. The first kappa shape index (κ1) is 12.8. The second-order valence-corrected chi connectivity index (χ2v) is 5.65. The third kappa shape index (κ3) is 4.39. The number of carboxylic acid groups (broad SMARTS) is 1. The molecule has 1 saturated heterocycles. The topological polar surface area (TPSA) is 40.5 Å². The van der Waals surface area contributed by atoms with Gasteiger partial charge in [0, 0.05) is 6.54 Å². The molecular weight excluding hydrogens is 214 g/mol. The zero-order valence-corrected chi connectivity index (χ0v) is 10.3. The van der Waals surface area contributed by atoms with Crippen LogP contribution >= 0.6 is 11.6 Å². The van der Waals surface area contributed by atoms with Crippen LogP contribution in [0.4, 0.5) is 0 Å². The molecule has 1 fully saturated rings. The second-order valence-electron chi connectivity index (χ2n) is 5.12. The van der Waals surface area contributed by atoms with Crippen molar-refractivity contribution in [1.82, 2.24) is 4.90 Å². The Hall–Kier alpha value is -0.280. The van der Waals surface area contributed by atoms with Crippen LogP contribution in [0.2, 0.25) is 0 Å². The highest BCUT2D eigenvalue weighted by molar-refractivity contribution is 6.29. The molecule has 0 aromatic rings. The molecule has 1 N–H and O–H groups in total. The molecule has 0 aliphatic carbocycles. The Labute approximate surface area is 96.4 Å². The van der Waals surface area contributed by atoms with Crippen LogP contribution in [0.25, 0.3) is 0 Å². The third-order valence-electron chi connectivity index (χ3n) is 3.12. The van der Waals surface area contributed by atoms with Crippen LogP contribution < -0.4 is 0 Å². The Morgan fingerprint density at radius 2 is 2.13 bits per heavy atom. The fourth-order valence-corrected chi connectivity index (χ4v) is 2.16. The number of aliphatic carboxylic acids is 1. The zero-order chi connectivity index (χ0) is 11.5. The minimum Gasteiger partial charge on any atom is -0.480 e. The van der Waals surface area contributed by atoms with Crippen molar-refractivity contribution < 1.29 is 9.90 Å². The van der Waals surface area contributed by atoms with Gasteiger partial charge in [-0.3, -0.25) is 4.79 Å². The molecule has 0 amide bonds. The van der Waals surface area contributed by atoms with Gasteiger partial charge in [0.25, 0.3) is 0 Å². The molecule has 15 heavy (non-hydrogen) atoms. The molecule has 1 unspecified atom stereocenters. The summed E-state index contributed by atoms with van der Waals surface area (Å²) in [6.45, 7) is 6.94. The van der Waals surface area contributed by atoms with Gasteiger partial charge in [0.2, 0.25) is 0 Å².